The molecule has 6 heteroatoms. The van der Waals surface area contributed by atoms with E-state index in [1.807, 2.05) is 0 Å². The third-order valence-corrected chi connectivity index (χ3v) is 3.43. The summed E-state index contributed by atoms with van der Waals surface area (Å²) in [6, 6.07) is 4.50. The quantitative estimate of drug-likeness (QED) is 0.889. The Kier molecular flexibility index (Phi) is 4.74. The number of carbonyl (C=O) groups is 1. The standard InChI is InChI=1S/C13H17ClFN3O/c1-9-7-16-4-5-18(9)8-13(19)17-12-3-2-10(14)6-11(12)15/h2-3,6,9,16H,4-5,7-8H2,1H3,(H,17,19)/t9-/m0/s1. The number of anilines is 1. The number of hydrogen-bond donors (Lipinski definition) is 2. The van der Waals surface area contributed by atoms with Gasteiger partial charge in [0.2, 0.25) is 5.91 Å². The topological polar surface area (TPSA) is 44.4 Å². The predicted octanol–water partition coefficient (Wildman–Crippen LogP) is 1.71. The summed E-state index contributed by atoms with van der Waals surface area (Å²) in [5.41, 5.74) is 0.164. The molecule has 0 bridgehead atoms. The van der Waals surface area contributed by atoms with Crippen LogP contribution < -0.4 is 10.6 Å². The Morgan fingerprint density at radius 1 is 1.63 bits per heavy atom. The number of benzene rings is 1. The van der Waals surface area contributed by atoms with Crippen molar-refractivity contribution in [2.45, 2.75) is 13.0 Å². The van der Waals surface area contributed by atoms with Gasteiger partial charge in [0.25, 0.3) is 0 Å². The highest BCUT2D eigenvalue weighted by molar-refractivity contribution is 6.30. The second kappa shape index (κ2) is 6.32. The number of nitrogens with one attached hydrogen (secondary N) is 2. The zero-order chi connectivity index (χ0) is 13.8. The molecule has 4 nitrogen and oxygen atoms in total. The zero-order valence-corrected chi connectivity index (χ0v) is 11.5. The van der Waals surface area contributed by atoms with Crippen molar-refractivity contribution < 1.29 is 9.18 Å². The van der Waals surface area contributed by atoms with E-state index in [2.05, 4.69) is 22.5 Å². The molecule has 2 N–H and O–H groups in total. The lowest BCUT2D eigenvalue weighted by atomic mass is 10.2. The Hall–Kier alpha value is -1.17. The molecule has 19 heavy (non-hydrogen) atoms. The van der Waals surface area contributed by atoms with Crippen LogP contribution in [0.2, 0.25) is 5.02 Å². The lowest BCUT2D eigenvalue weighted by Gasteiger charge is -2.33. The van der Waals surface area contributed by atoms with Gasteiger partial charge in [-0.25, -0.2) is 4.39 Å². The van der Waals surface area contributed by atoms with E-state index in [1.54, 1.807) is 6.07 Å². The maximum Gasteiger partial charge on any atom is 0.238 e. The molecule has 1 fully saturated rings. The van der Waals surface area contributed by atoms with Crippen molar-refractivity contribution in [3.63, 3.8) is 0 Å². The maximum atomic E-state index is 13.5. The third kappa shape index (κ3) is 3.89. The average Bonchev–Trinajstić information content (AvgIpc) is 2.36. The molecule has 104 valence electrons. The van der Waals surface area contributed by atoms with Crippen LogP contribution in [0.3, 0.4) is 0 Å². The third-order valence-electron chi connectivity index (χ3n) is 3.19. The van der Waals surface area contributed by atoms with Crippen LogP contribution in [0.25, 0.3) is 0 Å². The molecule has 0 spiro atoms. The molecule has 0 aromatic heterocycles. The van der Waals surface area contributed by atoms with Crippen molar-refractivity contribution in [2.24, 2.45) is 0 Å². The predicted molar refractivity (Wildman–Crippen MR) is 73.9 cm³/mol. The second-order valence-corrected chi connectivity index (χ2v) is 5.13. The summed E-state index contributed by atoms with van der Waals surface area (Å²) in [5.74, 6) is -0.732. The normalized spacial score (nSPS) is 20.3. The number of amides is 1. The molecule has 1 heterocycles. The highest BCUT2D eigenvalue weighted by Crippen LogP contribution is 2.18. The van der Waals surface area contributed by atoms with Crippen molar-refractivity contribution in [3.05, 3.63) is 29.0 Å². The molecule has 1 aromatic rings. The largest absolute Gasteiger partial charge is 0.322 e. The summed E-state index contributed by atoms with van der Waals surface area (Å²) < 4.78 is 13.5. The number of hydrogen-bond acceptors (Lipinski definition) is 3. The molecular formula is C13H17ClFN3O. The van der Waals surface area contributed by atoms with Crippen LogP contribution >= 0.6 is 11.6 Å². The van der Waals surface area contributed by atoms with Gasteiger partial charge in [-0.3, -0.25) is 9.69 Å². The summed E-state index contributed by atoms with van der Waals surface area (Å²) in [7, 11) is 0. The van der Waals surface area contributed by atoms with Gasteiger partial charge in [-0.05, 0) is 25.1 Å². The molecule has 0 radical (unpaired) electrons. The summed E-state index contributed by atoms with van der Waals surface area (Å²) >= 11 is 5.66. The van der Waals surface area contributed by atoms with Gasteiger partial charge in [-0.1, -0.05) is 11.6 Å². The van der Waals surface area contributed by atoms with Gasteiger partial charge in [-0.15, -0.1) is 0 Å². The lowest BCUT2D eigenvalue weighted by molar-refractivity contribution is -0.118. The Morgan fingerprint density at radius 3 is 3.11 bits per heavy atom. The van der Waals surface area contributed by atoms with E-state index in [9.17, 15) is 9.18 Å². The van der Waals surface area contributed by atoms with Crippen molar-refractivity contribution in [1.82, 2.24) is 10.2 Å². The van der Waals surface area contributed by atoms with Gasteiger partial charge >= 0.3 is 0 Å². The monoisotopic (exact) mass is 285 g/mol. The van der Waals surface area contributed by atoms with E-state index in [4.69, 9.17) is 11.6 Å². The van der Waals surface area contributed by atoms with Crippen LogP contribution in [0.1, 0.15) is 6.92 Å². The smallest absolute Gasteiger partial charge is 0.238 e. The Labute approximate surface area is 116 Å². The molecule has 1 aliphatic heterocycles. The van der Waals surface area contributed by atoms with E-state index in [0.717, 1.165) is 19.6 Å². The van der Waals surface area contributed by atoms with E-state index in [-0.39, 0.29) is 18.1 Å². The van der Waals surface area contributed by atoms with Gasteiger partial charge in [0.1, 0.15) is 5.82 Å². The highest BCUT2D eigenvalue weighted by atomic mass is 35.5. The summed E-state index contributed by atoms with van der Waals surface area (Å²) in [6.45, 7) is 4.88. The molecule has 1 aliphatic rings. The van der Waals surface area contributed by atoms with Gasteiger partial charge in [0, 0.05) is 30.7 Å². The number of piperazine rings is 1. The summed E-state index contributed by atoms with van der Waals surface area (Å²) in [4.78, 5) is 14.0. The van der Waals surface area contributed by atoms with Crippen LogP contribution in [0.4, 0.5) is 10.1 Å². The van der Waals surface area contributed by atoms with Gasteiger partial charge in [0.05, 0.1) is 12.2 Å². The summed E-state index contributed by atoms with van der Waals surface area (Å²) in [5, 5.41) is 6.14. The molecule has 1 atom stereocenters. The molecule has 2 rings (SSSR count). The maximum absolute atomic E-state index is 13.5. The Morgan fingerprint density at radius 2 is 2.42 bits per heavy atom. The molecule has 1 aromatic carbocycles. The average molecular weight is 286 g/mol. The zero-order valence-electron chi connectivity index (χ0n) is 10.7. The number of rotatable bonds is 3. The van der Waals surface area contributed by atoms with Gasteiger partial charge in [-0.2, -0.15) is 0 Å². The minimum absolute atomic E-state index is 0.164. The highest BCUT2D eigenvalue weighted by Gasteiger charge is 2.20. The first-order valence-electron chi connectivity index (χ1n) is 6.26. The van der Waals surface area contributed by atoms with Crippen LogP contribution in [0.5, 0.6) is 0 Å². The van der Waals surface area contributed by atoms with E-state index >= 15 is 0 Å². The fourth-order valence-corrected chi connectivity index (χ4v) is 2.24. The van der Waals surface area contributed by atoms with Gasteiger partial charge < -0.3 is 10.6 Å². The first-order valence-corrected chi connectivity index (χ1v) is 6.64. The first-order chi connectivity index (χ1) is 9.06. The Bertz CT molecular complexity index is 469. The van der Waals surface area contributed by atoms with Crippen molar-refractivity contribution in [1.29, 1.82) is 0 Å². The lowest BCUT2D eigenvalue weighted by Crippen LogP contribution is -2.52. The van der Waals surface area contributed by atoms with E-state index in [0.29, 0.717) is 11.1 Å². The molecule has 0 aliphatic carbocycles. The van der Waals surface area contributed by atoms with Crippen LogP contribution in [0.15, 0.2) is 18.2 Å². The van der Waals surface area contributed by atoms with Crippen molar-refractivity contribution in [3.8, 4) is 0 Å². The minimum atomic E-state index is -0.519. The molecule has 1 saturated heterocycles. The summed E-state index contributed by atoms with van der Waals surface area (Å²) in [6.07, 6.45) is 0. The Balaban J connectivity index is 1.93. The van der Waals surface area contributed by atoms with E-state index in [1.165, 1.54) is 12.1 Å². The fraction of sp³-hybridized carbons (Fsp3) is 0.462. The second-order valence-electron chi connectivity index (χ2n) is 4.70. The first kappa shape index (κ1) is 14.2. The SMILES string of the molecule is C[C@H]1CNCCN1CC(=O)Nc1ccc(Cl)cc1F. The van der Waals surface area contributed by atoms with Gasteiger partial charge in [0.15, 0.2) is 0 Å². The number of halogens is 2. The fourth-order valence-electron chi connectivity index (χ4n) is 2.08. The van der Waals surface area contributed by atoms with E-state index < -0.39 is 5.82 Å². The van der Waals surface area contributed by atoms with Crippen molar-refractivity contribution >= 4 is 23.2 Å². The minimum Gasteiger partial charge on any atom is -0.322 e. The molecule has 1 amide bonds. The number of carbonyl (C=O) groups excluding carboxylic acids is 1. The number of nitrogens with zero attached hydrogens (tertiary/aromatic N) is 1. The van der Waals surface area contributed by atoms with Crippen LogP contribution in [-0.2, 0) is 4.79 Å². The molecule has 0 unspecified atom stereocenters. The molecular weight excluding hydrogens is 269 g/mol. The van der Waals surface area contributed by atoms with Crippen molar-refractivity contribution in [2.75, 3.05) is 31.5 Å². The van der Waals surface area contributed by atoms with Crippen LogP contribution in [0, 0.1) is 5.82 Å². The molecule has 0 saturated carbocycles. The van der Waals surface area contributed by atoms with Crippen LogP contribution in [-0.4, -0.2) is 43.0 Å².